The van der Waals surface area contributed by atoms with E-state index in [9.17, 15) is 18.9 Å². The minimum absolute atomic E-state index is 0.130. The molecule has 0 radical (unpaired) electrons. The van der Waals surface area contributed by atoms with E-state index < -0.39 is 24.0 Å². The van der Waals surface area contributed by atoms with Crippen molar-refractivity contribution in [1.29, 1.82) is 5.26 Å². The maximum Gasteiger partial charge on any atom is 0.387 e. The zero-order valence-corrected chi connectivity index (χ0v) is 9.25. The molecule has 5 nitrogen and oxygen atoms in total. The SMILES string of the molecule is N#CCC(C[N+](=O)[O-])c1ccccc1OC(F)F. The summed E-state index contributed by atoms with van der Waals surface area (Å²) in [4.78, 5) is 9.92. The lowest BCUT2D eigenvalue weighted by Gasteiger charge is -2.14. The third-order valence-electron chi connectivity index (χ3n) is 2.28. The van der Waals surface area contributed by atoms with Gasteiger partial charge < -0.3 is 4.74 Å². The second-order valence-corrected chi connectivity index (χ2v) is 3.49. The van der Waals surface area contributed by atoms with Gasteiger partial charge in [0.25, 0.3) is 0 Å². The molecule has 0 amide bonds. The number of hydrogen-bond donors (Lipinski definition) is 0. The Morgan fingerprint density at radius 3 is 2.67 bits per heavy atom. The third-order valence-corrected chi connectivity index (χ3v) is 2.28. The van der Waals surface area contributed by atoms with E-state index in [0.717, 1.165) is 0 Å². The Kier molecular flexibility index (Phi) is 4.99. The predicted octanol–water partition coefficient (Wildman–Crippen LogP) is 2.56. The molecule has 0 aliphatic heterocycles. The Morgan fingerprint density at radius 2 is 2.11 bits per heavy atom. The number of nitriles is 1. The molecule has 18 heavy (non-hydrogen) atoms. The first-order valence-corrected chi connectivity index (χ1v) is 5.07. The Hall–Kier alpha value is -2.23. The van der Waals surface area contributed by atoms with Gasteiger partial charge in [-0.15, -0.1) is 0 Å². The first-order chi connectivity index (χ1) is 8.54. The van der Waals surface area contributed by atoms with Crippen LogP contribution in [-0.4, -0.2) is 18.1 Å². The summed E-state index contributed by atoms with van der Waals surface area (Å²) in [5.74, 6) is -0.894. The normalized spacial score (nSPS) is 11.9. The van der Waals surface area contributed by atoms with Crippen molar-refractivity contribution in [2.24, 2.45) is 0 Å². The summed E-state index contributed by atoms with van der Waals surface area (Å²) in [6.45, 7) is -3.51. The quantitative estimate of drug-likeness (QED) is 0.579. The molecule has 1 atom stereocenters. The molecule has 0 aromatic heterocycles. The van der Waals surface area contributed by atoms with Crippen LogP contribution in [0, 0.1) is 21.4 Å². The van der Waals surface area contributed by atoms with Crippen LogP contribution in [0.2, 0.25) is 0 Å². The van der Waals surface area contributed by atoms with Gasteiger partial charge in [-0.25, -0.2) is 0 Å². The molecule has 0 fully saturated rings. The van der Waals surface area contributed by atoms with E-state index in [1.807, 2.05) is 0 Å². The van der Waals surface area contributed by atoms with Crippen LogP contribution >= 0.6 is 0 Å². The number of para-hydroxylation sites is 1. The lowest BCUT2D eigenvalue weighted by atomic mass is 9.95. The second-order valence-electron chi connectivity index (χ2n) is 3.49. The standard InChI is InChI=1S/C11H10F2N2O3/c12-11(13)18-10-4-2-1-3-9(10)8(5-6-14)7-15(16)17/h1-4,8,11H,5,7H2. The zero-order valence-electron chi connectivity index (χ0n) is 9.25. The summed E-state index contributed by atoms with van der Waals surface area (Å²) in [5.41, 5.74) is 0.246. The molecule has 0 aliphatic carbocycles. The summed E-state index contributed by atoms with van der Waals surface area (Å²) in [5, 5.41) is 19.1. The number of hydrogen-bond acceptors (Lipinski definition) is 4. The lowest BCUT2D eigenvalue weighted by Crippen LogP contribution is -2.14. The summed E-state index contributed by atoms with van der Waals surface area (Å²) in [6.07, 6.45) is -0.134. The molecule has 7 heteroatoms. The highest BCUT2D eigenvalue weighted by Crippen LogP contribution is 2.30. The van der Waals surface area contributed by atoms with Crippen molar-refractivity contribution in [2.75, 3.05) is 6.54 Å². The third kappa shape index (κ3) is 3.97. The molecule has 0 aliphatic rings. The molecule has 96 valence electrons. The Labute approximate surface area is 102 Å². The van der Waals surface area contributed by atoms with Crippen LogP contribution in [0.15, 0.2) is 24.3 Å². The van der Waals surface area contributed by atoms with E-state index in [1.165, 1.54) is 18.2 Å². The van der Waals surface area contributed by atoms with Crippen LogP contribution < -0.4 is 4.74 Å². The summed E-state index contributed by atoms with van der Waals surface area (Å²) in [7, 11) is 0. The molecule has 0 N–H and O–H groups in total. The summed E-state index contributed by atoms with van der Waals surface area (Å²) >= 11 is 0. The fourth-order valence-electron chi connectivity index (χ4n) is 1.58. The molecule has 0 spiro atoms. The molecule has 0 saturated heterocycles. The number of benzene rings is 1. The molecule has 1 rings (SSSR count). The van der Waals surface area contributed by atoms with Crippen molar-refractivity contribution in [1.82, 2.24) is 0 Å². The first kappa shape index (κ1) is 13.8. The number of halogens is 2. The van der Waals surface area contributed by atoms with Gasteiger partial charge >= 0.3 is 6.61 Å². The maximum absolute atomic E-state index is 12.2. The number of nitro groups is 1. The van der Waals surface area contributed by atoms with Crippen LogP contribution in [0.25, 0.3) is 0 Å². The lowest BCUT2D eigenvalue weighted by molar-refractivity contribution is -0.483. The monoisotopic (exact) mass is 256 g/mol. The van der Waals surface area contributed by atoms with Crippen LogP contribution in [-0.2, 0) is 0 Å². The Bertz CT molecular complexity index is 460. The smallest absolute Gasteiger partial charge is 0.387 e. The van der Waals surface area contributed by atoms with Gasteiger partial charge in [-0.3, -0.25) is 10.1 Å². The van der Waals surface area contributed by atoms with E-state index >= 15 is 0 Å². The average molecular weight is 256 g/mol. The molecule has 0 bridgehead atoms. The summed E-state index contributed by atoms with van der Waals surface area (Å²) < 4.78 is 28.7. The van der Waals surface area contributed by atoms with Crippen LogP contribution in [0.5, 0.6) is 5.75 Å². The fourth-order valence-corrected chi connectivity index (χ4v) is 1.58. The van der Waals surface area contributed by atoms with Crippen molar-refractivity contribution in [2.45, 2.75) is 19.0 Å². The topological polar surface area (TPSA) is 76.2 Å². The molecule has 1 unspecified atom stereocenters. The van der Waals surface area contributed by atoms with Gasteiger partial charge in [0.2, 0.25) is 6.54 Å². The molecule has 1 aromatic rings. The number of alkyl halides is 2. The largest absolute Gasteiger partial charge is 0.435 e. The van der Waals surface area contributed by atoms with Crippen molar-refractivity contribution in [3.05, 3.63) is 39.9 Å². The van der Waals surface area contributed by atoms with Crippen molar-refractivity contribution in [3.8, 4) is 11.8 Å². The Balaban J connectivity index is 3.03. The fraction of sp³-hybridized carbons (Fsp3) is 0.364. The molecular formula is C11H10F2N2O3. The molecular weight excluding hydrogens is 246 g/mol. The molecule has 0 heterocycles. The minimum Gasteiger partial charge on any atom is -0.435 e. The van der Waals surface area contributed by atoms with Gasteiger partial charge in [-0.05, 0) is 6.07 Å². The first-order valence-electron chi connectivity index (χ1n) is 5.07. The van der Waals surface area contributed by atoms with Crippen molar-refractivity contribution in [3.63, 3.8) is 0 Å². The maximum atomic E-state index is 12.2. The highest BCUT2D eigenvalue weighted by Gasteiger charge is 2.22. The van der Waals surface area contributed by atoms with Crippen LogP contribution in [0.1, 0.15) is 17.9 Å². The number of nitrogens with zero attached hydrogens (tertiary/aromatic N) is 2. The minimum atomic E-state index is -3.01. The van der Waals surface area contributed by atoms with Gasteiger partial charge in [0.15, 0.2) is 0 Å². The van der Waals surface area contributed by atoms with E-state index in [2.05, 4.69) is 4.74 Å². The van der Waals surface area contributed by atoms with E-state index in [-0.39, 0.29) is 17.7 Å². The van der Waals surface area contributed by atoms with Crippen LogP contribution in [0.3, 0.4) is 0 Å². The van der Waals surface area contributed by atoms with Gasteiger partial charge in [-0.2, -0.15) is 14.0 Å². The van der Waals surface area contributed by atoms with Crippen molar-refractivity contribution < 1.29 is 18.4 Å². The van der Waals surface area contributed by atoms with Gasteiger partial charge in [-0.1, -0.05) is 18.2 Å². The second kappa shape index (κ2) is 6.49. The molecule has 1 aromatic carbocycles. The highest BCUT2D eigenvalue weighted by molar-refractivity contribution is 5.36. The van der Waals surface area contributed by atoms with E-state index in [4.69, 9.17) is 5.26 Å². The number of rotatable bonds is 6. The Morgan fingerprint density at radius 1 is 1.44 bits per heavy atom. The zero-order chi connectivity index (χ0) is 13.5. The average Bonchev–Trinajstić information content (AvgIpc) is 2.28. The van der Waals surface area contributed by atoms with E-state index in [0.29, 0.717) is 0 Å². The van der Waals surface area contributed by atoms with Crippen LogP contribution in [0.4, 0.5) is 8.78 Å². The number of ether oxygens (including phenoxy) is 1. The van der Waals surface area contributed by atoms with Gasteiger partial charge in [0.1, 0.15) is 5.75 Å². The van der Waals surface area contributed by atoms with Crippen molar-refractivity contribution >= 4 is 0 Å². The highest BCUT2D eigenvalue weighted by atomic mass is 19.3. The summed E-state index contributed by atoms with van der Waals surface area (Å²) in [6, 6.07) is 7.59. The van der Waals surface area contributed by atoms with Gasteiger partial charge in [0.05, 0.1) is 12.0 Å². The van der Waals surface area contributed by atoms with Gasteiger partial charge in [0, 0.05) is 16.9 Å². The van der Waals surface area contributed by atoms with E-state index in [1.54, 1.807) is 12.1 Å². The molecule has 0 saturated carbocycles. The predicted molar refractivity (Wildman–Crippen MR) is 57.9 cm³/mol.